The molecule has 0 radical (unpaired) electrons. The van der Waals surface area contributed by atoms with E-state index in [0.717, 1.165) is 0 Å². The van der Waals surface area contributed by atoms with E-state index in [0.29, 0.717) is 6.42 Å². The van der Waals surface area contributed by atoms with Crippen molar-refractivity contribution in [2.75, 3.05) is 25.2 Å². The van der Waals surface area contributed by atoms with Crippen molar-refractivity contribution in [2.24, 2.45) is 5.92 Å². The van der Waals surface area contributed by atoms with Crippen LogP contribution in [0.25, 0.3) is 0 Å². The fourth-order valence-corrected chi connectivity index (χ4v) is 3.87. The zero-order valence-electron chi connectivity index (χ0n) is 11.6. The van der Waals surface area contributed by atoms with Crippen LogP contribution in [0.2, 0.25) is 0 Å². The molecule has 19 heavy (non-hydrogen) atoms. The van der Waals surface area contributed by atoms with Gasteiger partial charge in [0.1, 0.15) is 0 Å². The second-order valence-corrected chi connectivity index (χ2v) is 7.30. The number of hydrogen-bond donors (Lipinski definition) is 0. The molecule has 1 heterocycles. The smallest absolute Gasteiger partial charge is 0.307 e. The number of ether oxygens (including phenoxy) is 1. The summed E-state index contributed by atoms with van der Waals surface area (Å²) in [5.41, 5.74) is 0. The van der Waals surface area contributed by atoms with Crippen molar-refractivity contribution in [3.8, 4) is 0 Å². The first-order valence-electron chi connectivity index (χ1n) is 6.34. The van der Waals surface area contributed by atoms with E-state index in [1.807, 2.05) is 0 Å². The van der Waals surface area contributed by atoms with Gasteiger partial charge in [-0.25, -0.2) is 8.42 Å². The lowest BCUT2D eigenvalue weighted by atomic mass is 10.1. The Hall–Kier alpha value is -1.11. The van der Waals surface area contributed by atoms with Crippen molar-refractivity contribution in [3.05, 3.63) is 0 Å². The highest BCUT2D eigenvalue weighted by Gasteiger charge is 2.35. The number of methoxy groups -OCH3 is 1. The summed E-state index contributed by atoms with van der Waals surface area (Å²) in [5.74, 6) is -0.640. The standard InChI is InChI=1S/C12H21NO5S/c1-9(2)12(15)13(6-4-11(14)18-3)10-5-7-19(16,17)8-10/h9-10H,4-8H2,1-3H3/t10-/m1/s1. The van der Waals surface area contributed by atoms with Crippen LogP contribution in [-0.2, 0) is 24.2 Å². The molecule has 0 aromatic carbocycles. The van der Waals surface area contributed by atoms with Crippen LogP contribution in [0, 0.1) is 5.92 Å². The molecule has 0 aromatic heterocycles. The number of carbonyl (C=O) groups excluding carboxylic acids is 2. The van der Waals surface area contributed by atoms with Crippen LogP contribution in [0.1, 0.15) is 26.7 Å². The van der Waals surface area contributed by atoms with Crippen molar-refractivity contribution < 1.29 is 22.7 Å². The second kappa shape index (κ2) is 6.36. The van der Waals surface area contributed by atoms with Crippen molar-refractivity contribution in [2.45, 2.75) is 32.7 Å². The lowest BCUT2D eigenvalue weighted by Gasteiger charge is -2.29. The van der Waals surface area contributed by atoms with E-state index in [2.05, 4.69) is 4.74 Å². The van der Waals surface area contributed by atoms with Crippen LogP contribution in [0.5, 0.6) is 0 Å². The highest BCUT2D eigenvalue weighted by Crippen LogP contribution is 2.20. The van der Waals surface area contributed by atoms with Crippen LogP contribution in [-0.4, -0.2) is 56.4 Å². The van der Waals surface area contributed by atoms with E-state index in [1.54, 1.807) is 13.8 Å². The predicted octanol–water partition coefficient (Wildman–Crippen LogP) is 0.221. The highest BCUT2D eigenvalue weighted by molar-refractivity contribution is 7.91. The fourth-order valence-electron chi connectivity index (χ4n) is 2.14. The van der Waals surface area contributed by atoms with Gasteiger partial charge in [0.15, 0.2) is 9.84 Å². The molecule has 6 nitrogen and oxygen atoms in total. The average Bonchev–Trinajstić information content (AvgIpc) is 2.69. The normalized spacial score (nSPS) is 21.4. The Labute approximate surface area is 114 Å². The van der Waals surface area contributed by atoms with Crippen molar-refractivity contribution in [1.29, 1.82) is 0 Å². The number of sulfone groups is 1. The number of nitrogens with zero attached hydrogens (tertiary/aromatic N) is 1. The summed E-state index contributed by atoms with van der Waals surface area (Å²) in [6.45, 7) is 3.73. The van der Waals surface area contributed by atoms with E-state index in [-0.39, 0.29) is 42.3 Å². The third-order valence-electron chi connectivity index (χ3n) is 3.21. The molecule has 1 saturated heterocycles. The topological polar surface area (TPSA) is 80.8 Å². The number of carbonyl (C=O) groups is 2. The number of hydrogen-bond acceptors (Lipinski definition) is 5. The van der Waals surface area contributed by atoms with Gasteiger partial charge in [0.2, 0.25) is 5.91 Å². The van der Waals surface area contributed by atoms with Gasteiger partial charge in [0.05, 0.1) is 25.0 Å². The SMILES string of the molecule is COC(=O)CCN(C(=O)C(C)C)[C@@H]1CCS(=O)(=O)C1. The third kappa shape index (κ3) is 4.49. The minimum absolute atomic E-state index is 0.00731. The number of esters is 1. The molecule has 1 fully saturated rings. The lowest BCUT2D eigenvalue weighted by Crippen LogP contribution is -2.44. The van der Waals surface area contributed by atoms with Crippen LogP contribution >= 0.6 is 0 Å². The molecule has 0 spiro atoms. The van der Waals surface area contributed by atoms with Gasteiger partial charge < -0.3 is 9.64 Å². The minimum atomic E-state index is -3.05. The van der Waals surface area contributed by atoms with Crippen LogP contribution in [0.3, 0.4) is 0 Å². The molecule has 110 valence electrons. The van der Waals surface area contributed by atoms with E-state index in [4.69, 9.17) is 0 Å². The zero-order valence-corrected chi connectivity index (χ0v) is 12.4. The molecule has 0 aliphatic carbocycles. The van der Waals surface area contributed by atoms with E-state index < -0.39 is 15.8 Å². The monoisotopic (exact) mass is 291 g/mol. The summed E-state index contributed by atoms with van der Waals surface area (Å²) in [5, 5.41) is 0. The summed E-state index contributed by atoms with van der Waals surface area (Å²) >= 11 is 0. The quantitative estimate of drug-likeness (QED) is 0.677. The molecule has 0 N–H and O–H groups in total. The number of amides is 1. The van der Waals surface area contributed by atoms with Gasteiger partial charge in [0.25, 0.3) is 0 Å². The van der Waals surface area contributed by atoms with Gasteiger partial charge in [-0.1, -0.05) is 13.8 Å². The van der Waals surface area contributed by atoms with Crippen LogP contribution in [0.4, 0.5) is 0 Å². The second-order valence-electron chi connectivity index (χ2n) is 5.07. The summed E-state index contributed by atoms with van der Waals surface area (Å²) < 4.78 is 27.6. The molecule has 0 saturated carbocycles. The minimum Gasteiger partial charge on any atom is -0.469 e. The van der Waals surface area contributed by atoms with Gasteiger partial charge in [-0.15, -0.1) is 0 Å². The van der Waals surface area contributed by atoms with Crippen molar-refractivity contribution >= 4 is 21.7 Å². The Kier molecular flexibility index (Phi) is 5.34. The third-order valence-corrected chi connectivity index (χ3v) is 4.96. The number of rotatable bonds is 5. The molecular formula is C12H21NO5S. The molecule has 1 rings (SSSR count). The van der Waals surface area contributed by atoms with Gasteiger partial charge in [-0.3, -0.25) is 9.59 Å². The molecule has 1 aliphatic heterocycles. The van der Waals surface area contributed by atoms with E-state index >= 15 is 0 Å². The first-order chi connectivity index (χ1) is 8.76. The van der Waals surface area contributed by atoms with Crippen LogP contribution < -0.4 is 0 Å². The molecule has 0 bridgehead atoms. The zero-order chi connectivity index (χ0) is 14.6. The lowest BCUT2D eigenvalue weighted by molar-refractivity contribution is -0.143. The Bertz CT molecular complexity index is 443. The summed E-state index contributed by atoms with van der Waals surface area (Å²) in [6, 6.07) is -0.315. The van der Waals surface area contributed by atoms with Crippen molar-refractivity contribution in [3.63, 3.8) is 0 Å². The van der Waals surface area contributed by atoms with Gasteiger partial charge >= 0.3 is 5.97 Å². The van der Waals surface area contributed by atoms with E-state index in [9.17, 15) is 18.0 Å². The first kappa shape index (κ1) is 15.9. The molecule has 7 heteroatoms. The fraction of sp³-hybridized carbons (Fsp3) is 0.833. The Balaban J connectivity index is 2.75. The largest absolute Gasteiger partial charge is 0.469 e. The van der Waals surface area contributed by atoms with Gasteiger partial charge in [-0.2, -0.15) is 0 Å². The Morgan fingerprint density at radius 3 is 2.42 bits per heavy atom. The van der Waals surface area contributed by atoms with Gasteiger partial charge in [0, 0.05) is 18.5 Å². The summed E-state index contributed by atoms with van der Waals surface area (Å²) in [6.07, 6.45) is 0.535. The maximum absolute atomic E-state index is 12.1. The average molecular weight is 291 g/mol. The molecular weight excluding hydrogens is 270 g/mol. The first-order valence-corrected chi connectivity index (χ1v) is 8.16. The maximum Gasteiger partial charge on any atom is 0.307 e. The molecule has 0 aromatic rings. The summed E-state index contributed by atoms with van der Waals surface area (Å²) in [4.78, 5) is 24.8. The van der Waals surface area contributed by atoms with Crippen molar-refractivity contribution in [1.82, 2.24) is 4.90 Å². The molecule has 1 atom stereocenters. The molecule has 1 aliphatic rings. The highest BCUT2D eigenvalue weighted by atomic mass is 32.2. The van der Waals surface area contributed by atoms with Gasteiger partial charge in [-0.05, 0) is 6.42 Å². The summed E-state index contributed by atoms with van der Waals surface area (Å²) in [7, 11) is -1.77. The Morgan fingerprint density at radius 1 is 1.37 bits per heavy atom. The predicted molar refractivity (Wildman–Crippen MR) is 70.2 cm³/mol. The Morgan fingerprint density at radius 2 is 2.00 bits per heavy atom. The molecule has 1 amide bonds. The van der Waals surface area contributed by atoms with Crippen LogP contribution in [0.15, 0.2) is 0 Å². The molecule has 0 unspecified atom stereocenters. The maximum atomic E-state index is 12.1. The van der Waals surface area contributed by atoms with E-state index in [1.165, 1.54) is 12.0 Å².